The van der Waals surface area contributed by atoms with E-state index < -0.39 is 84.7 Å². The third-order valence-electron chi connectivity index (χ3n) is 4.64. The highest BCUT2D eigenvalue weighted by molar-refractivity contribution is 5.79. The molecule has 0 saturated heterocycles. The van der Waals surface area contributed by atoms with Gasteiger partial charge in [0.15, 0.2) is 6.29 Å². The molecule has 1 aromatic rings. The lowest BCUT2D eigenvalue weighted by molar-refractivity contribution is -0.457. The van der Waals surface area contributed by atoms with Gasteiger partial charge >= 0.3 is 47.8 Å². The van der Waals surface area contributed by atoms with Gasteiger partial charge in [0.1, 0.15) is 5.75 Å². The van der Waals surface area contributed by atoms with E-state index in [9.17, 15) is 79.4 Å². The molecular weight excluding hydrogens is 571 g/mol. The van der Waals surface area contributed by atoms with Crippen molar-refractivity contribution >= 4 is 6.29 Å². The van der Waals surface area contributed by atoms with E-state index in [-0.39, 0.29) is 6.07 Å². The van der Waals surface area contributed by atoms with Crippen LogP contribution < -0.4 is 4.74 Å². The topological polar surface area (TPSA) is 26.3 Å². The van der Waals surface area contributed by atoms with Crippen LogP contribution in [0.15, 0.2) is 24.3 Å². The molecule has 0 atom stereocenters. The van der Waals surface area contributed by atoms with Crippen LogP contribution in [-0.2, 0) is 0 Å². The Labute approximate surface area is 194 Å². The molecule has 37 heavy (non-hydrogen) atoms. The Morgan fingerprint density at radius 2 is 1.03 bits per heavy atom. The van der Waals surface area contributed by atoms with Gasteiger partial charge < -0.3 is 4.74 Å². The Morgan fingerprint density at radius 1 is 0.595 bits per heavy atom. The minimum Gasteiger partial charge on any atom is -0.427 e. The van der Waals surface area contributed by atoms with E-state index in [0.29, 0.717) is 12.1 Å². The van der Waals surface area contributed by atoms with Crippen molar-refractivity contribution in [1.82, 2.24) is 0 Å². The molecule has 1 rings (SSSR count). The summed E-state index contributed by atoms with van der Waals surface area (Å²) in [6.45, 7) is 0. The highest BCUT2D eigenvalue weighted by Crippen LogP contribution is 2.62. The van der Waals surface area contributed by atoms with Crippen molar-refractivity contribution in [3.63, 3.8) is 0 Å². The zero-order valence-corrected chi connectivity index (χ0v) is 17.2. The number of ether oxygens (including phenoxy) is 1. The summed E-state index contributed by atoms with van der Waals surface area (Å²) in [7, 11) is 0. The van der Waals surface area contributed by atoms with Crippen molar-refractivity contribution < 1.29 is 84.2 Å². The predicted octanol–water partition coefficient (Wildman–Crippen LogP) is 8.02. The van der Waals surface area contributed by atoms with Gasteiger partial charge in [0, 0.05) is 12.8 Å². The van der Waals surface area contributed by atoms with Gasteiger partial charge in [0.05, 0.1) is 5.56 Å². The fraction of sp³-hybridized carbons (Fsp3) is 0.611. The molecule has 19 heteroatoms. The van der Waals surface area contributed by atoms with E-state index in [0.717, 1.165) is 6.07 Å². The molecule has 2 nitrogen and oxygen atoms in total. The predicted molar refractivity (Wildman–Crippen MR) is 87.0 cm³/mol. The lowest BCUT2D eigenvalue weighted by atomic mass is 9.89. The summed E-state index contributed by atoms with van der Waals surface area (Å²) in [5.41, 5.74) is -1.09. The number of aldehydes is 1. The Balaban J connectivity index is 3.47. The summed E-state index contributed by atoms with van der Waals surface area (Å²) in [6, 6.07) is 2.28. The van der Waals surface area contributed by atoms with Gasteiger partial charge in [0.25, 0.3) is 0 Å². The zero-order valence-electron chi connectivity index (χ0n) is 17.2. The van der Waals surface area contributed by atoms with Gasteiger partial charge in [0.2, 0.25) is 0 Å². The van der Waals surface area contributed by atoms with Crippen LogP contribution in [0.25, 0.3) is 0 Å². The molecule has 0 aromatic heterocycles. The minimum absolute atomic E-state index is 0.217. The van der Waals surface area contributed by atoms with E-state index in [1.54, 1.807) is 0 Å². The molecule has 0 amide bonds. The summed E-state index contributed by atoms with van der Waals surface area (Å²) < 4.78 is 232. The molecule has 1 aromatic carbocycles. The van der Waals surface area contributed by atoms with E-state index in [2.05, 4.69) is 4.74 Å². The summed E-state index contributed by atoms with van der Waals surface area (Å²) in [5.74, 6) is -48.9. The zero-order chi connectivity index (χ0) is 29.5. The molecule has 0 aliphatic heterocycles. The van der Waals surface area contributed by atoms with Crippen molar-refractivity contribution in [2.24, 2.45) is 0 Å². The van der Waals surface area contributed by atoms with Crippen molar-refractivity contribution in [3.05, 3.63) is 29.8 Å². The fourth-order valence-corrected chi connectivity index (χ4v) is 2.54. The van der Waals surface area contributed by atoms with Crippen LogP contribution >= 0.6 is 0 Å². The average Bonchev–Trinajstić information content (AvgIpc) is 2.71. The molecule has 0 fully saturated rings. The van der Waals surface area contributed by atoms with Crippen LogP contribution in [0.3, 0.4) is 0 Å². The second-order valence-electron chi connectivity index (χ2n) is 7.32. The first kappa shape index (κ1) is 32.5. The lowest BCUT2D eigenvalue weighted by Gasteiger charge is -2.42. The number of alkyl halides is 17. The molecule has 0 N–H and O–H groups in total. The van der Waals surface area contributed by atoms with Crippen molar-refractivity contribution in [2.45, 2.75) is 67.1 Å². The van der Waals surface area contributed by atoms with E-state index in [1.165, 1.54) is 0 Å². The number of para-hydroxylation sites is 1. The van der Waals surface area contributed by atoms with Gasteiger partial charge in [-0.3, -0.25) is 4.79 Å². The van der Waals surface area contributed by atoms with E-state index >= 15 is 0 Å². The fourth-order valence-electron chi connectivity index (χ4n) is 2.54. The molecule has 0 aliphatic rings. The third-order valence-corrected chi connectivity index (χ3v) is 4.64. The largest absolute Gasteiger partial charge is 0.471 e. The minimum atomic E-state index is -8.41. The monoisotopic (exact) mass is 582 g/mol. The molecule has 0 radical (unpaired) electrons. The first-order valence-corrected chi connectivity index (χ1v) is 9.18. The standard InChI is InChI=1S/C18H11F17O2/c19-11(20,6-3-7-12(21,22)23)13(24,25)14(26,27)15(28,29)16(30,31)17(32,33)18(34,35)37-10-5-2-1-4-9(10)8-36/h1-2,4-5,8H,3,6-7H2. The first-order chi connectivity index (χ1) is 16.2. The highest BCUT2D eigenvalue weighted by atomic mass is 19.4. The molecule has 0 saturated carbocycles. The molecule has 0 spiro atoms. The van der Waals surface area contributed by atoms with Crippen molar-refractivity contribution in [1.29, 1.82) is 0 Å². The molecular formula is C18H11F17O2. The number of benzene rings is 1. The van der Waals surface area contributed by atoms with E-state index in [1.807, 2.05) is 0 Å². The van der Waals surface area contributed by atoms with Crippen LogP contribution in [0, 0.1) is 0 Å². The maximum absolute atomic E-state index is 13.9. The molecule has 0 bridgehead atoms. The van der Waals surface area contributed by atoms with Gasteiger partial charge in [-0.05, 0) is 18.6 Å². The van der Waals surface area contributed by atoms with Gasteiger partial charge in [-0.15, -0.1) is 0 Å². The Kier molecular flexibility index (Phi) is 8.50. The Hall–Kier alpha value is -2.50. The van der Waals surface area contributed by atoms with Crippen LogP contribution in [-0.4, -0.2) is 54.1 Å². The van der Waals surface area contributed by atoms with E-state index in [4.69, 9.17) is 0 Å². The first-order valence-electron chi connectivity index (χ1n) is 9.18. The Bertz CT molecular complexity index is 952. The molecule has 0 heterocycles. The average molecular weight is 582 g/mol. The van der Waals surface area contributed by atoms with Crippen molar-refractivity contribution in [3.8, 4) is 5.75 Å². The summed E-state index contributed by atoms with van der Waals surface area (Å²) in [6.07, 6.45) is -20.2. The highest BCUT2D eigenvalue weighted by Gasteiger charge is 2.93. The Morgan fingerprint density at radius 3 is 1.49 bits per heavy atom. The molecule has 214 valence electrons. The SMILES string of the molecule is O=Cc1ccccc1OC(F)(F)C(F)(F)C(F)(F)C(F)(F)C(F)(F)C(F)(F)C(F)(F)CCCC(F)(F)F. The van der Waals surface area contributed by atoms with Crippen LogP contribution in [0.1, 0.15) is 29.6 Å². The number of halogens is 17. The summed E-state index contributed by atoms with van der Waals surface area (Å²) >= 11 is 0. The number of hydrogen-bond donors (Lipinski definition) is 0. The lowest BCUT2D eigenvalue weighted by Crippen LogP contribution is -2.73. The summed E-state index contributed by atoms with van der Waals surface area (Å²) in [4.78, 5) is 10.7. The maximum atomic E-state index is 13.9. The summed E-state index contributed by atoms with van der Waals surface area (Å²) in [5, 5.41) is 0. The van der Waals surface area contributed by atoms with Crippen LogP contribution in [0.4, 0.5) is 74.6 Å². The van der Waals surface area contributed by atoms with Crippen LogP contribution in [0.2, 0.25) is 0 Å². The number of carbonyl (C=O) groups is 1. The van der Waals surface area contributed by atoms with Gasteiger partial charge in [-0.2, -0.15) is 74.6 Å². The number of carbonyl (C=O) groups excluding carboxylic acids is 1. The maximum Gasteiger partial charge on any atom is 0.471 e. The number of hydrogen-bond acceptors (Lipinski definition) is 2. The van der Waals surface area contributed by atoms with Crippen LogP contribution in [0.5, 0.6) is 5.75 Å². The third kappa shape index (κ3) is 5.53. The van der Waals surface area contributed by atoms with Crippen molar-refractivity contribution in [2.75, 3.05) is 0 Å². The second kappa shape index (κ2) is 9.67. The molecule has 0 aliphatic carbocycles. The smallest absolute Gasteiger partial charge is 0.427 e. The van der Waals surface area contributed by atoms with Gasteiger partial charge in [-0.25, -0.2) is 0 Å². The normalized spacial score (nSPS) is 15.1. The van der Waals surface area contributed by atoms with Gasteiger partial charge in [-0.1, -0.05) is 12.1 Å². The second-order valence-corrected chi connectivity index (χ2v) is 7.32. The quantitative estimate of drug-likeness (QED) is 0.184. The molecule has 0 unspecified atom stereocenters. The number of rotatable bonds is 12.